The number of fused-ring (bicyclic) bond motifs is 1. The van der Waals surface area contributed by atoms with Crippen LogP contribution in [0.25, 0.3) is 22.2 Å². The first-order valence-electron chi connectivity index (χ1n) is 9.16. The zero-order chi connectivity index (χ0) is 20.7. The summed E-state index contributed by atoms with van der Waals surface area (Å²) in [6.45, 7) is 5.95. The van der Waals surface area contributed by atoms with E-state index in [4.69, 9.17) is 27.2 Å². The Morgan fingerprint density at radius 3 is 2.66 bits per heavy atom. The van der Waals surface area contributed by atoms with E-state index in [1.165, 1.54) is 6.33 Å². The molecule has 4 rings (SSSR count). The normalized spacial score (nSPS) is 12.3. The largest absolute Gasteiger partial charge is 0.496 e. The zero-order valence-corrected chi connectivity index (χ0v) is 17.4. The minimum atomic E-state index is -0.172. The van der Waals surface area contributed by atoms with Crippen LogP contribution in [0, 0.1) is 13.8 Å². The van der Waals surface area contributed by atoms with Gasteiger partial charge in [-0.05, 0) is 44.5 Å². The van der Waals surface area contributed by atoms with E-state index in [1.807, 2.05) is 37.6 Å². The van der Waals surface area contributed by atoms with Gasteiger partial charge in [-0.2, -0.15) is 5.10 Å². The lowest BCUT2D eigenvalue weighted by molar-refractivity contribution is 0.402. The molecule has 1 aromatic carbocycles. The van der Waals surface area contributed by atoms with Gasteiger partial charge in [-0.25, -0.2) is 19.6 Å². The Balaban J connectivity index is 1.95. The summed E-state index contributed by atoms with van der Waals surface area (Å²) in [4.78, 5) is 12.8. The van der Waals surface area contributed by atoms with Crippen LogP contribution < -0.4 is 10.5 Å². The number of ether oxygens (including phenoxy) is 1. The Morgan fingerprint density at radius 1 is 1.17 bits per heavy atom. The van der Waals surface area contributed by atoms with E-state index in [0.717, 1.165) is 44.7 Å². The first-order valence-corrected chi connectivity index (χ1v) is 9.53. The fourth-order valence-electron chi connectivity index (χ4n) is 3.60. The lowest BCUT2D eigenvalue weighted by atomic mass is 9.94. The fraction of sp³-hybridized carbons (Fsp3) is 0.238. The fourth-order valence-corrected chi connectivity index (χ4v) is 3.81. The van der Waals surface area contributed by atoms with Gasteiger partial charge in [0.1, 0.15) is 17.9 Å². The number of rotatable bonds is 4. The summed E-state index contributed by atoms with van der Waals surface area (Å²) in [5.74, 6) is 1.18. The minimum Gasteiger partial charge on any atom is -0.496 e. The van der Waals surface area contributed by atoms with E-state index < -0.39 is 0 Å². The number of halogens is 1. The minimum absolute atomic E-state index is 0.172. The number of aromatic nitrogens is 5. The van der Waals surface area contributed by atoms with Crippen molar-refractivity contribution in [2.24, 2.45) is 0 Å². The molecule has 4 aromatic rings. The molecular formula is C21H21ClN6O. The number of aryl methyl sites for hydroxylation is 1. The molecule has 29 heavy (non-hydrogen) atoms. The van der Waals surface area contributed by atoms with Gasteiger partial charge < -0.3 is 10.5 Å². The lowest BCUT2D eigenvalue weighted by Gasteiger charge is -2.22. The van der Waals surface area contributed by atoms with Crippen molar-refractivity contribution in [2.75, 3.05) is 12.8 Å². The summed E-state index contributed by atoms with van der Waals surface area (Å²) in [7, 11) is 1.65. The van der Waals surface area contributed by atoms with Crippen LogP contribution in [0.5, 0.6) is 5.75 Å². The highest BCUT2D eigenvalue weighted by Gasteiger charge is 2.24. The smallest absolute Gasteiger partial charge is 0.161 e. The summed E-state index contributed by atoms with van der Waals surface area (Å²) >= 11 is 6.63. The Kier molecular flexibility index (Phi) is 4.84. The molecule has 8 heteroatoms. The van der Waals surface area contributed by atoms with Gasteiger partial charge in [-0.3, -0.25) is 0 Å². The predicted octanol–water partition coefficient (Wildman–Crippen LogP) is 4.36. The van der Waals surface area contributed by atoms with Crippen LogP contribution in [0.4, 0.5) is 5.82 Å². The molecule has 0 aliphatic carbocycles. The van der Waals surface area contributed by atoms with E-state index in [1.54, 1.807) is 25.6 Å². The predicted molar refractivity (Wildman–Crippen MR) is 114 cm³/mol. The SMILES string of the molecule is COc1c(C(C)n2nc(C)c3cncnc32)cc(Cl)c(C)c1-c1ccc(N)nc1. The van der Waals surface area contributed by atoms with Gasteiger partial charge in [-0.15, -0.1) is 0 Å². The average Bonchev–Trinajstić information content (AvgIpc) is 3.07. The highest BCUT2D eigenvalue weighted by Crippen LogP contribution is 2.43. The van der Waals surface area contributed by atoms with Gasteiger partial charge in [0.05, 0.1) is 24.2 Å². The van der Waals surface area contributed by atoms with Crippen molar-refractivity contribution in [3.63, 3.8) is 0 Å². The molecule has 0 bridgehead atoms. The molecule has 1 unspecified atom stereocenters. The van der Waals surface area contributed by atoms with E-state index >= 15 is 0 Å². The van der Waals surface area contributed by atoms with Crippen molar-refractivity contribution < 1.29 is 4.74 Å². The molecule has 0 aliphatic heterocycles. The quantitative estimate of drug-likeness (QED) is 0.539. The molecule has 3 heterocycles. The Morgan fingerprint density at radius 2 is 1.97 bits per heavy atom. The van der Waals surface area contributed by atoms with Crippen molar-refractivity contribution in [1.29, 1.82) is 0 Å². The molecule has 0 saturated heterocycles. The number of nitrogens with two attached hydrogens (primary N) is 1. The second kappa shape index (κ2) is 7.33. The number of benzene rings is 1. The number of methoxy groups -OCH3 is 1. The molecule has 2 N–H and O–H groups in total. The summed E-state index contributed by atoms with van der Waals surface area (Å²) in [6.07, 6.45) is 5.03. The maximum atomic E-state index is 6.63. The van der Waals surface area contributed by atoms with Gasteiger partial charge in [0.25, 0.3) is 0 Å². The van der Waals surface area contributed by atoms with Crippen LogP contribution in [-0.4, -0.2) is 31.8 Å². The first-order chi connectivity index (χ1) is 13.9. The molecule has 0 spiro atoms. The topological polar surface area (TPSA) is 91.7 Å². The van der Waals surface area contributed by atoms with Crippen LogP contribution in [0.2, 0.25) is 5.02 Å². The summed E-state index contributed by atoms with van der Waals surface area (Å²) < 4.78 is 7.74. The van der Waals surface area contributed by atoms with Gasteiger partial charge >= 0.3 is 0 Å². The maximum Gasteiger partial charge on any atom is 0.161 e. The van der Waals surface area contributed by atoms with Crippen LogP contribution in [0.3, 0.4) is 0 Å². The second-order valence-corrected chi connectivity index (χ2v) is 7.33. The van der Waals surface area contributed by atoms with Gasteiger partial charge in [0.2, 0.25) is 0 Å². The standard InChI is InChI=1S/C21H21ClN6O/c1-11-17(22)7-15(20(29-4)19(11)14-5-6-18(23)25-8-14)13(3)28-21-16(12(2)27-28)9-24-10-26-21/h5-10,13H,1-4H3,(H2,23,25). The number of hydrogen-bond donors (Lipinski definition) is 1. The van der Waals surface area contributed by atoms with Gasteiger partial charge in [-0.1, -0.05) is 11.6 Å². The number of anilines is 1. The Bertz CT molecular complexity index is 1200. The summed E-state index contributed by atoms with van der Waals surface area (Å²) in [5, 5.41) is 6.25. The van der Waals surface area contributed by atoms with Crippen molar-refractivity contribution in [1.82, 2.24) is 24.7 Å². The third-order valence-electron chi connectivity index (χ3n) is 5.16. The lowest BCUT2D eigenvalue weighted by Crippen LogP contribution is -2.12. The molecular weight excluding hydrogens is 388 g/mol. The number of nitrogen functional groups attached to an aromatic ring is 1. The number of hydrogen-bond acceptors (Lipinski definition) is 6. The van der Waals surface area contributed by atoms with Crippen molar-refractivity contribution in [2.45, 2.75) is 26.8 Å². The molecule has 148 valence electrons. The zero-order valence-electron chi connectivity index (χ0n) is 16.6. The summed E-state index contributed by atoms with van der Waals surface area (Å²) in [6, 6.07) is 5.44. The third kappa shape index (κ3) is 3.17. The molecule has 0 aliphatic rings. The van der Waals surface area contributed by atoms with Crippen LogP contribution in [0.1, 0.15) is 29.8 Å². The highest BCUT2D eigenvalue weighted by atomic mass is 35.5. The van der Waals surface area contributed by atoms with Crippen molar-refractivity contribution >= 4 is 28.5 Å². The van der Waals surface area contributed by atoms with Crippen LogP contribution in [0.15, 0.2) is 36.9 Å². The molecule has 0 radical (unpaired) electrons. The van der Waals surface area contributed by atoms with Crippen molar-refractivity contribution in [3.05, 3.63) is 58.8 Å². The maximum absolute atomic E-state index is 6.63. The van der Waals surface area contributed by atoms with Gasteiger partial charge in [0.15, 0.2) is 5.65 Å². The molecule has 3 aromatic heterocycles. The molecule has 0 saturated carbocycles. The summed E-state index contributed by atoms with van der Waals surface area (Å²) in [5.41, 5.74) is 11.0. The second-order valence-electron chi connectivity index (χ2n) is 6.92. The third-order valence-corrected chi connectivity index (χ3v) is 5.55. The Hall–Kier alpha value is -3.19. The van der Waals surface area contributed by atoms with Crippen molar-refractivity contribution in [3.8, 4) is 16.9 Å². The van der Waals surface area contributed by atoms with Crippen LogP contribution in [-0.2, 0) is 0 Å². The number of nitrogens with zero attached hydrogens (tertiary/aromatic N) is 5. The number of pyridine rings is 1. The van der Waals surface area contributed by atoms with E-state index in [0.29, 0.717) is 10.8 Å². The van der Waals surface area contributed by atoms with E-state index in [2.05, 4.69) is 15.0 Å². The molecule has 0 fully saturated rings. The molecule has 7 nitrogen and oxygen atoms in total. The Labute approximate surface area is 173 Å². The first kappa shape index (κ1) is 19.1. The molecule has 1 atom stereocenters. The monoisotopic (exact) mass is 408 g/mol. The van der Waals surface area contributed by atoms with E-state index in [9.17, 15) is 0 Å². The van der Waals surface area contributed by atoms with Gasteiger partial charge in [0, 0.05) is 34.1 Å². The average molecular weight is 409 g/mol. The van der Waals surface area contributed by atoms with E-state index in [-0.39, 0.29) is 6.04 Å². The highest BCUT2D eigenvalue weighted by molar-refractivity contribution is 6.32. The van der Waals surface area contributed by atoms with Crippen LogP contribution >= 0.6 is 11.6 Å². The molecule has 0 amide bonds.